The van der Waals surface area contributed by atoms with Gasteiger partial charge in [-0.1, -0.05) is 110 Å². The Balaban J connectivity index is 0.0000125. The minimum absolute atomic E-state index is 0. The van der Waals surface area contributed by atoms with Crippen LogP contribution in [0.3, 0.4) is 0 Å². The normalized spacial score (nSPS) is 13.1. The number of hydrogen-bond donors (Lipinski definition) is 0. The van der Waals surface area contributed by atoms with E-state index in [0.29, 0.717) is 45.5 Å². The maximum absolute atomic E-state index is 11.2. The molecule has 1 aromatic rings. The van der Waals surface area contributed by atoms with Crippen LogP contribution in [0.4, 0.5) is 0 Å². The lowest BCUT2D eigenvalue weighted by molar-refractivity contribution is -0.140. The summed E-state index contributed by atoms with van der Waals surface area (Å²) in [5.74, 6) is -0.127. The van der Waals surface area contributed by atoms with Gasteiger partial charge in [0.1, 0.15) is 6.10 Å². The topological polar surface area (TPSA) is 95.5 Å². The molecular weight excluding hydrogens is 656 g/mol. The summed E-state index contributed by atoms with van der Waals surface area (Å²) in [6.45, 7) is 8.20. The van der Waals surface area contributed by atoms with Crippen molar-refractivity contribution >= 4 is 18.4 Å². The quantitative estimate of drug-likeness (QED) is 0.0499. The summed E-state index contributed by atoms with van der Waals surface area (Å²) in [4.78, 5) is 24.1. The smallest absolute Gasteiger partial charge is 0.316 e. The Bertz CT molecular complexity index is 916. The highest BCUT2D eigenvalue weighted by atomic mass is 35.5. The molecule has 0 fully saturated rings. The van der Waals surface area contributed by atoms with Gasteiger partial charge < -0.3 is 33.5 Å². The lowest BCUT2D eigenvalue weighted by Crippen LogP contribution is -2.30. The predicted octanol–water partition coefficient (Wildman–Crippen LogP) is 8.74. The van der Waals surface area contributed by atoms with Gasteiger partial charge in [-0.2, -0.15) is 0 Å². The third-order valence-electron chi connectivity index (χ3n) is 8.86. The SMILES string of the molecule is CCCCCCCCCCCCCCCCCCOCC(COCCOCCN1C=CN(CCCCCC(=O)OC)C1)Oc1ncccn1.Cl. The monoisotopic (exact) mass is 727 g/mol. The number of rotatable bonds is 35. The van der Waals surface area contributed by atoms with Gasteiger partial charge in [-0.15, -0.1) is 12.4 Å². The number of aromatic nitrogens is 2. The van der Waals surface area contributed by atoms with Crippen LogP contribution in [0, 0.1) is 0 Å². The van der Waals surface area contributed by atoms with E-state index in [1.165, 1.54) is 103 Å². The number of nitrogens with zero attached hydrogens (tertiary/aromatic N) is 4. The molecule has 10 nitrogen and oxygen atoms in total. The van der Waals surface area contributed by atoms with Crippen molar-refractivity contribution in [2.24, 2.45) is 0 Å². The molecule has 0 aromatic carbocycles. The molecule has 0 N–H and O–H groups in total. The summed E-state index contributed by atoms with van der Waals surface area (Å²) in [7, 11) is 1.44. The molecule has 0 radical (unpaired) electrons. The first-order valence-electron chi connectivity index (χ1n) is 19.6. The zero-order valence-electron chi connectivity index (χ0n) is 31.6. The Morgan fingerprint density at radius 1 is 0.660 bits per heavy atom. The van der Waals surface area contributed by atoms with Crippen molar-refractivity contribution in [3.05, 3.63) is 30.9 Å². The highest BCUT2D eigenvalue weighted by Gasteiger charge is 2.14. The molecule has 2 rings (SSSR count). The summed E-state index contributed by atoms with van der Waals surface area (Å²) in [5, 5.41) is 0. The number of unbranched alkanes of at least 4 members (excludes halogenated alkanes) is 17. The van der Waals surface area contributed by atoms with Crippen LogP contribution < -0.4 is 4.74 Å². The number of esters is 1. The van der Waals surface area contributed by atoms with E-state index in [9.17, 15) is 4.79 Å². The zero-order chi connectivity index (χ0) is 34.9. The van der Waals surface area contributed by atoms with E-state index in [-0.39, 0.29) is 24.5 Å². The van der Waals surface area contributed by atoms with Crippen LogP contribution in [0.15, 0.2) is 30.9 Å². The molecule has 1 aliphatic heterocycles. The second-order valence-electron chi connectivity index (χ2n) is 13.3. The minimum atomic E-state index is -0.273. The van der Waals surface area contributed by atoms with Crippen LogP contribution >= 0.6 is 12.4 Å². The van der Waals surface area contributed by atoms with Crippen LogP contribution in [0.1, 0.15) is 135 Å². The van der Waals surface area contributed by atoms with Gasteiger partial charge in [0.2, 0.25) is 0 Å². The summed E-state index contributed by atoms with van der Waals surface area (Å²) in [6.07, 6.45) is 32.6. The number of halogens is 1. The lowest BCUT2D eigenvalue weighted by Gasteiger charge is -2.21. The van der Waals surface area contributed by atoms with E-state index in [2.05, 4.69) is 39.1 Å². The predicted molar refractivity (Wildman–Crippen MR) is 204 cm³/mol. The van der Waals surface area contributed by atoms with Crippen molar-refractivity contribution in [3.63, 3.8) is 0 Å². The largest absolute Gasteiger partial charge is 0.469 e. The fraction of sp³-hybridized carbons (Fsp3) is 0.821. The van der Waals surface area contributed by atoms with E-state index < -0.39 is 0 Å². The lowest BCUT2D eigenvalue weighted by atomic mass is 10.0. The van der Waals surface area contributed by atoms with Gasteiger partial charge in [0.15, 0.2) is 0 Å². The van der Waals surface area contributed by atoms with Gasteiger partial charge in [-0.05, 0) is 25.3 Å². The molecule has 1 unspecified atom stereocenters. The van der Waals surface area contributed by atoms with Gasteiger partial charge in [-0.3, -0.25) is 4.79 Å². The first-order valence-corrected chi connectivity index (χ1v) is 19.6. The van der Waals surface area contributed by atoms with Gasteiger partial charge in [0, 0.05) is 50.9 Å². The van der Waals surface area contributed by atoms with Gasteiger partial charge >= 0.3 is 12.0 Å². The third-order valence-corrected chi connectivity index (χ3v) is 8.86. The van der Waals surface area contributed by atoms with Crippen LogP contribution in [0.2, 0.25) is 0 Å². The van der Waals surface area contributed by atoms with Gasteiger partial charge in [0.25, 0.3) is 0 Å². The van der Waals surface area contributed by atoms with E-state index >= 15 is 0 Å². The van der Waals surface area contributed by atoms with Crippen molar-refractivity contribution < 1.29 is 28.5 Å². The van der Waals surface area contributed by atoms with E-state index in [0.717, 1.165) is 52.0 Å². The number of methoxy groups -OCH3 is 1. The average Bonchev–Trinajstić information content (AvgIpc) is 3.58. The van der Waals surface area contributed by atoms with Crippen LogP contribution in [0.5, 0.6) is 6.01 Å². The Labute approximate surface area is 310 Å². The van der Waals surface area contributed by atoms with Crippen molar-refractivity contribution in [2.75, 3.05) is 66.5 Å². The Morgan fingerprint density at radius 2 is 1.18 bits per heavy atom. The Morgan fingerprint density at radius 3 is 1.78 bits per heavy atom. The van der Waals surface area contributed by atoms with Crippen LogP contribution in [-0.4, -0.2) is 98.4 Å². The van der Waals surface area contributed by atoms with E-state index in [1.807, 2.05) is 0 Å². The first kappa shape index (κ1) is 45.9. The Kier molecular flexibility index (Phi) is 31.2. The highest BCUT2D eigenvalue weighted by Crippen LogP contribution is 2.14. The molecule has 0 bridgehead atoms. The van der Waals surface area contributed by atoms with E-state index in [4.69, 9.17) is 23.7 Å². The molecule has 0 saturated heterocycles. The summed E-state index contributed by atoms with van der Waals surface area (Å²) >= 11 is 0. The highest BCUT2D eigenvalue weighted by molar-refractivity contribution is 5.85. The van der Waals surface area contributed by atoms with Gasteiger partial charge in [0.05, 0.1) is 46.8 Å². The molecule has 0 aliphatic carbocycles. The third kappa shape index (κ3) is 26.6. The minimum Gasteiger partial charge on any atom is -0.469 e. The summed E-state index contributed by atoms with van der Waals surface area (Å²) in [5.41, 5.74) is 0. The fourth-order valence-electron chi connectivity index (χ4n) is 5.86. The number of hydrogen-bond acceptors (Lipinski definition) is 10. The molecule has 290 valence electrons. The van der Waals surface area contributed by atoms with E-state index in [1.54, 1.807) is 18.5 Å². The molecule has 1 aromatic heterocycles. The molecule has 50 heavy (non-hydrogen) atoms. The number of carbonyl (C=O) groups excluding carboxylic acids is 1. The second kappa shape index (κ2) is 34.0. The number of ether oxygens (including phenoxy) is 5. The zero-order valence-corrected chi connectivity index (χ0v) is 32.4. The van der Waals surface area contributed by atoms with Crippen molar-refractivity contribution in [3.8, 4) is 6.01 Å². The van der Waals surface area contributed by atoms with Crippen molar-refractivity contribution in [1.29, 1.82) is 0 Å². The molecule has 1 aliphatic rings. The standard InChI is InChI=1S/C39H70N4O6.ClH/c1-3-4-5-6-7-8-9-10-11-12-13-14-15-16-17-21-30-47-34-37(49-39-40-24-22-25-41-39)35-48-33-32-46-31-29-43-28-27-42(36-43)26-20-18-19-23-38(44)45-2;/h22,24-25,27-28,37H,3-21,23,26,29-36H2,1-2H3;1H. The molecule has 11 heteroatoms. The molecule has 2 heterocycles. The van der Waals surface area contributed by atoms with Gasteiger partial charge in [-0.25, -0.2) is 9.97 Å². The van der Waals surface area contributed by atoms with Crippen LogP contribution in [-0.2, 0) is 23.7 Å². The maximum atomic E-state index is 11.2. The van der Waals surface area contributed by atoms with Crippen LogP contribution in [0.25, 0.3) is 0 Å². The summed E-state index contributed by atoms with van der Waals surface area (Å²) < 4.78 is 28.3. The molecule has 0 spiro atoms. The first-order chi connectivity index (χ1) is 24.2. The average molecular weight is 727 g/mol. The van der Waals surface area contributed by atoms with Crippen molar-refractivity contribution in [2.45, 2.75) is 141 Å². The van der Waals surface area contributed by atoms with Crippen molar-refractivity contribution in [1.82, 2.24) is 19.8 Å². The molecule has 0 saturated carbocycles. The second-order valence-corrected chi connectivity index (χ2v) is 13.3. The Hall–Kier alpha value is -2.14. The molecular formula is C39H71ClN4O6. The number of carbonyl (C=O) groups is 1. The molecule has 1 atom stereocenters. The maximum Gasteiger partial charge on any atom is 0.316 e. The summed E-state index contributed by atoms with van der Waals surface area (Å²) in [6, 6.07) is 2.11. The fourth-order valence-corrected chi connectivity index (χ4v) is 5.86. The molecule has 0 amide bonds.